The van der Waals surface area contributed by atoms with Gasteiger partial charge in [0.05, 0.1) is 21.3 Å². The molecule has 40 heavy (non-hydrogen) atoms. The van der Waals surface area contributed by atoms with E-state index >= 15 is 0 Å². The van der Waals surface area contributed by atoms with Crippen LogP contribution in [-0.4, -0.2) is 32.5 Å². The number of anilines is 2. The molecule has 0 spiro atoms. The van der Waals surface area contributed by atoms with Crippen LogP contribution in [0.2, 0.25) is 10.0 Å². The maximum Gasteiger partial charge on any atom is 0.264 e. The van der Waals surface area contributed by atoms with Crippen LogP contribution in [0, 0.1) is 0 Å². The molecule has 0 aliphatic heterocycles. The summed E-state index contributed by atoms with van der Waals surface area (Å²) in [5, 5.41) is 7.56. The number of halogens is 2. The molecule has 8 nitrogen and oxygen atoms in total. The van der Waals surface area contributed by atoms with Crippen LogP contribution in [0.3, 0.4) is 0 Å². The third-order valence-electron chi connectivity index (χ3n) is 5.71. The summed E-state index contributed by atoms with van der Waals surface area (Å²) >= 11 is 12.3. The number of carbonyl (C=O) groups is 2. The van der Waals surface area contributed by atoms with Crippen LogP contribution >= 0.6 is 23.2 Å². The molecule has 0 heterocycles. The summed E-state index contributed by atoms with van der Waals surface area (Å²) in [6.45, 7) is 1.11. The molecule has 0 bridgehead atoms. The van der Waals surface area contributed by atoms with Crippen molar-refractivity contribution in [3.05, 3.63) is 124 Å². The average Bonchev–Trinajstić information content (AvgIpc) is 2.95. The van der Waals surface area contributed by atoms with Crippen molar-refractivity contribution in [3.8, 4) is 0 Å². The van der Waals surface area contributed by atoms with Crippen LogP contribution in [0.25, 0.3) is 0 Å². The number of sulfonamides is 1. The van der Waals surface area contributed by atoms with Gasteiger partial charge in [0, 0.05) is 16.3 Å². The van der Waals surface area contributed by atoms with Crippen molar-refractivity contribution >= 4 is 62.1 Å². The number of nitrogens with one attached hydrogen (secondary N) is 2. The second kappa shape index (κ2) is 12.8. The van der Waals surface area contributed by atoms with E-state index in [0.29, 0.717) is 27.5 Å². The molecule has 0 radical (unpaired) electrons. The minimum atomic E-state index is -4.11. The molecule has 2 amide bonds. The first-order valence-corrected chi connectivity index (χ1v) is 14.2. The third kappa shape index (κ3) is 7.06. The summed E-state index contributed by atoms with van der Waals surface area (Å²) < 4.78 is 27.8. The number of hydrogen-bond acceptors (Lipinski definition) is 5. The highest BCUT2D eigenvalue weighted by Gasteiger charge is 2.28. The van der Waals surface area contributed by atoms with Crippen LogP contribution in [0.5, 0.6) is 0 Å². The Labute approximate surface area is 242 Å². The Morgan fingerprint density at radius 2 is 1.50 bits per heavy atom. The van der Waals surface area contributed by atoms with Gasteiger partial charge >= 0.3 is 0 Å². The fourth-order valence-corrected chi connectivity index (χ4v) is 5.64. The van der Waals surface area contributed by atoms with Crippen molar-refractivity contribution in [2.45, 2.75) is 11.8 Å². The fourth-order valence-electron chi connectivity index (χ4n) is 3.70. The Balaban J connectivity index is 1.50. The van der Waals surface area contributed by atoms with Gasteiger partial charge in [0.1, 0.15) is 6.54 Å². The second-order valence-electron chi connectivity index (χ2n) is 8.55. The summed E-state index contributed by atoms with van der Waals surface area (Å²) in [4.78, 5) is 25.5. The molecule has 0 aromatic heterocycles. The van der Waals surface area contributed by atoms with Gasteiger partial charge in [-0.3, -0.25) is 13.9 Å². The van der Waals surface area contributed by atoms with E-state index in [4.69, 9.17) is 23.2 Å². The Morgan fingerprint density at radius 3 is 2.23 bits per heavy atom. The molecule has 4 rings (SSSR count). The SMILES string of the molecule is C/C(=N/NC(=O)CN(c1ccccc1Cl)S(=O)(=O)c1ccccc1)c1cccc(NC(=O)c2cccc(Cl)c2)c1. The average molecular weight is 596 g/mol. The van der Waals surface area contributed by atoms with Gasteiger partial charge in [-0.1, -0.05) is 71.7 Å². The van der Waals surface area contributed by atoms with Gasteiger partial charge in [-0.05, 0) is 67.1 Å². The van der Waals surface area contributed by atoms with Crippen LogP contribution in [0.4, 0.5) is 11.4 Å². The summed E-state index contributed by atoms with van der Waals surface area (Å²) in [6, 6.07) is 27.6. The van der Waals surface area contributed by atoms with Gasteiger partial charge in [-0.25, -0.2) is 13.8 Å². The van der Waals surface area contributed by atoms with Gasteiger partial charge in [-0.2, -0.15) is 5.10 Å². The Hall–Kier alpha value is -4.18. The van der Waals surface area contributed by atoms with Crippen molar-refractivity contribution in [2.75, 3.05) is 16.2 Å². The van der Waals surface area contributed by atoms with E-state index in [1.54, 1.807) is 91.9 Å². The number of rotatable bonds is 9. The van der Waals surface area contributed by atoms with Crippen LogP contribution in [0.15, 0.2) is 113 Å². The molecular weight excluding hydrogens is 571 g/mol. The topological polar surface area (TPSA) is 108 Å². The van der Waals surface area contributed by atoms with Gasteiger partial charge in [-0.15, -0.1) is 0 Å². The predicted molar refractivity (Wildman–Crippen MR) is 159 cm³/mol. The zero-order valence-corrected chi connectivity index (χ0v) is 23.5. The first-order valence-electron chi connectivity index (χ1n) is 12.0. The second-order valence-corrected chi connectivity index (χ2v) is 11.3. The van der Waals surface area contributed by atoms with E-state index in [0.717, 1.165) is 4.31 Å². The molecule has 0 saturated carbocycles. The van der Waals surface area contributed by atoms with E-state index in [1.807, 2.05) is 0 Å². The maximum atomic E-state index is 13.4. The normalized spacial score (nSPS) is 11.5. The molecule has 2 N–H and O–H groups in total. The summed E-state index contributed by atoms with van der Waals surface area (Å²) in [5.41, 5.74) is 4.56. The lowest BCUT2D eigenvalue weighted by Crippen LogP contribution is -2.40. The zero-order chi connectivity index (χ0) is 28.7. The van der Waals surface area contributed by atoms with E-state index in [-0.39, 0.29) is 21.5 Å². The summed E-state index contributed by atoms with van der Waals surface area (Å²) in [7, 11) is -4.11. The summed E-state index contributed by atoms with van der Waals surface area (Å²) in [5.74, 6) is -1.01. The van der Waals surface area contributed by atoms with Crippen molar-refractivity contribution in [1.29, 1.82) is 0 Å². The van der Waals surface area contributed by atoms with Crippen LogP contribution in [0.1, 0.15) is 22.8 Å². The van der Waals surface area contributed by atoms with Crippen molar-refractivity contribution < 1.29 is 18.0 Å². The van der Waals surface area contributed by atoms with Gasteiger partial charge in [0.15, 0.2) is 0 Å². The lowest BCUT2D eigenvalue weighted by molar-refractivity contribution is -0.119. The smallest absolute Gasteiger partial charge is 0.264 e. The van der Waals surface area contributed by atoms with Crippen LogP contribution < -0.4 is 15.0 Å². The number of hydrogen-bond donors (Lipinski definition) is 2. The van der Waals surface area contributed by atoms with E-state index in [9.17, 15) is 18.0 Å². The highest BCUT2D eigenvalue weighted by molar-refractivity contribution is 7.92. The zero-order valence-electron chi connectivity index (χ0n) is 21.2. The van der Waals surface area contributed by atoms with E-state index in [1.165, 1.54) is 18.2 Å². The molecule has 11 heteroatoms. The van der Waals surface area contributed by atoms with Gasteiger partial charge in [0.25, 0.3) is 21.8 Å². The Morgan fingerprint density at radius 1 is 0.825 bits per heavy atom. The molecule has 0 aliphatic rings. The first-order chi connectivity index (χ1) is 19.1. The van der Waals surface area contributed by atoms with Crippen molar-refractivity contribution in [3.63, 3.8) is 0 Å². The largest absolute Gasteiger partial charge is 0.322 e. The Kier molecular flexibility index (Phi) is 9.21. The quantitative estimate of drug-likeness (QED) is 0.183. The predicted octanol–water partition coefficient (Wildman–Crippen LogP) is 5.98. The maximum absolute atomic E-state index is 13.4. The molecule has 204 valence electrons. The molecule has 4 aromatic rings. The number of benzene rings is 4. The standard InChI is InChI=1S/C29H24Cl2N4O4S/c1-20(21-9-8-12-24(18-21)32-29(37)22-10-7-11-23(30)17-22)33-34-28(36)19-35(27-16-6-5-15-26(27)31)40(38,39)25-13-3-2-4-14-25/h2-18H,19H2,1H3,(H,32,37)(H,34,36)/b33-20-. The molecule has 0 atom stereocenters. The molecule has 0 aliphatic carbocycles. The van der Waals surface area contributed by atoms with Gasteiger partial charge < -0.3 is 5.32 Å². The van der Waals surface area contributed by atoms with Crippen molar-refractivity contribution in [2.24, 2.45) is 5.10 Å². The number of carbonyl (C=O) groups excluding carboxylic acids is 2. The van der Waals surface area contributed by atoms with Crippen molar-refractivity contribution in [1.82, 2.24) is 5.43 Å². The monoisotopic (exact) mass is 594 g/mol. The first kappa shape index (κ1) is 28.8. The lowest BCUT2D eigenvalue weighted by Gasteiger charge is -2.24. The number of hydrazone groups is 1. The summed E-state index contributed by atoms with van der Waals surface area (Å²) in [6.07, 6.45) is 0. The number of nitrogens with zero attached hydrogens (tertiary/aromatic N) is 2. The van der Waals surface area contributed by atoms with Gasteiger partial charge in [0.2, 0.25) is 0 Å². The molecule has 4 aromatic carbocycles. The minimum Gasteiger partial charge on any atom is -0.322 e. The fraction of sp³-hybridized carbons (Fsp3) is 0.0690. The molecular formula is C29H24Cl2N4O4S. The van der Waals surface area contributed by atoms with E-state index in [2.05, 4.69) is 15.8 Å². The molecule has 0 saturated heterocycles. The number of para-hydroxylation sites is 1. The third-order valence-corrected chi connectivity index (χ3v) is 8.04. The Bertz CT molecular complexity index is 1680. The number of amides is 2. The lowest BCUT2D eigenvalue weighted by atomic mass is 10.1. The highest BCUT2D eigenvalue weighted by atomic mass is 35.5. The molecule has 0 unspecified atom stereocenters. The highest BCUT2D eigenvalue weighted by Crippen LogP contribution is 2.30. The minimum absolute atomic E-state index is 0.0130. The van der Waals surface area contributed by atoms with Crippen LogP contribution in [-0.2, 0) is 14.8 Å². The van der Waals surface area contributed by atoms with E-state index < -0.39 is 22.5 Å². The molecule has 0 fully saturated rings.